The van der Waals surface area contributed by atoms with E-state index in [1.165, 1.54) is 0 Å². The summed E-state index contributed by atoms with van der Waals surface area (Å²) >= 11 is 0. The van der Waals surface area contributed by atoms with Crippen LogP contribution in [-0.4, -0.2) is 38.3 Å². The molecule has 6 heteroatoms. The number of carbonyl (C=O) groups is 1. The van der Waals surface area contributed by atoms with Gasteiger partial charge in [0.05, 0.1) is 18.3 Å². The highest BCUT2D eigenvalue weighted by Gasteiger charge is 2.29. The van der Waals surface area contributed by atoms with Crippen molar-refractivity contribution in [3.63, 3.8) is 0 Å². The average Bonchev–Trinajstić information content (AvgIpc) is 3.05. The van der Waals surface area contributed by atoms with Crippen molar-refractivity contribution in [1.29, 1.82) is 0 Å². The van der Waals surface area contributed by atoms with Crippen molar-refractivity contribution < 1.29 is 9.32 Å². The standard InChI is InChI=1S/C16H22N4O2/c1-11-8-12(2)20(17-11)10-14-6-4-5-7-19(14)16(21)15-9-13(3)22-18-15/h8-9,14H,4-7,10H2,1-3H3. The van der Waals surface area contributed by atoms with E-state index in [1.54, 1.807) is 13.0 Å². The summed E-state index contributed by atoms with van der Waals surface area (Å²) in [6, 6.07) is 3.93. The van der Waals surface area contributed by atoms with Gasteiger partial charge in [0.15, 0.2) is 5.69 Å². The molecule has 0 aromatic carbocycles. The molecule has 2 aromatic rings. The maximum absolute atomic E-state index is 12.7. The van der Waals surface area contributed by atoms with E-state index >= 15 is 0 Å². The van der Waals surface area contributed by atoms with Crippen molar-refractivity contribution in [1.82, 2.24) is 19.8 Å². The van der Waals surface area contributed by atoms with Gasteiger partial charge >= 0.3 is 0 Å². The summed E-state index contributed by atoms with van der Waals surface area (Å²) in [5.41, 5.74) is 2.55. The normalized spacial score (nSPS) is 18.7. The number of rotatable bonds is 3. The molecule has 1 aliphatic rings. The molecule has 0 aliphatic carbocycles. The predicted molar refractivity (Wildman–Crippen MR) is 81.6 cm³/mol. The Morgan fingerprint density at radius 2 is 2.14 bits per heavy atom. The van der Waals surface area contributed by atoms with E-state index in [2.05, 4.69) is 23.2 Å². The summed E-state index contributed by atoms with van der Waals surface area (Å²) < 4.78 is 7.04. The lowest BCUT2D eigenvalue weighted by Gasteiger charge is -2.35. The smallest absolute Gasteiger partial charge is 0.276 e. The highest BCUT2D eigenvalue weighted by molar-refractivity contribution is 5.92. The molecule has 2 aromatic heterocycles. The fourth-order valence-electron chi connectivity index (χ4n) is 3.13. The first-order valence-electron chi connectivity index (χ1n) is 7.80. The third-order valence-corrected chi connectivity index (χ3v) is 4.22. The summed E-state index contributed by atoms with van der Waals surface area (Å²) in [7, 11) is 0. The minimum Gasteiger partial charge on any atom is -0.361 e. The third kappa shape index (κ3) is 2.91. The van der Waals surface area contributed by atoms with Crippen molar-refractivity contribution in [3.05, 3.63) is 35.0 Å². The van der Waals surface area contributed by atoms with Crippen molar-refractivity contribution in [2.45, 2.75) is 52.6 Å². The Kier molecular flexibility index (Phi) is 4.00. The van der Waals surface area contributed by atoms with E-state index in [1.807, 2.05) is 16.5 Å². The molecule has 1 saturated heterocycles. The number of hydrogen-bond donors (Lipinski definition) is 0. The van der Waals surface area contributed by atoms with Crippen LogP contribution in [0.2, 0.25) is 0 Å². The third-order valence-electron chi connectivity index (χ3n) is 4.22. The molecule has 0 saturated carbocycles. The highest BCUT2D eigenvalue weighted by atomic mass is 16.5. The Labute approximate surface area is 130 Å². The molecular formula is C16H22N4O2. The number of aryl methyl sites for hydroxylation is 3. The van der Waals surface area contributed by atoms with Crippen LogP contribution in [0.25, 0.3) is 0 Å². The van der Waals surface area contributed by atoms with E-state index in [4.69, 9.17) is 4.52 Å². The number of likely N-dealkylation sites (tertiary alicyclic amines) is 1. The van der Waals surface area contributed by atoms with Gasteiger partial charge in [-0.1, -0.05) is 5.16 Å². The summed E-state index contributed by atoms with van der Waals surface area (Å²) in [4.78, 5) is 14.6. The van der Waals surface area contributed by atoms with Crippen LogP contribution in [0, 0.1) is 20.8 Å². The fourth-order valence-corrected chi connectivity index (χ4v) is 3.13. The van der Waals surface area contributed by atoms with Gasteiger partial charge in [0.25, 0.3) is 5.91 Å². The van der Waals surface area contributed by atoms with Crippen molar-refractivity contribution in [2.75, 3.05) is 6.54 Å². The molecule has 22 heavy (non-hydrogen) atoms. The molecule has 0 spiro atoms. The number of hydrogen-bond acceptors (Lipinski definition) is 4. The molecule has 1 aliphatic heterocycles. The van der Waals surface area contributed by atoms with Crippen LogP contribution >= 0.6 is 0 Å². The van der Waals surface area contributed by atoms with Crippen LogP contribution in [0.4, 0.5) is 0 Å². The maximum atomic E-state index is 12.7. The van der Waals surface area contributed by atoms with Crippen molar-refractivity contribution >= 4 is 5.91 Å². The van der Waals surface area contributed by atoms with Gasteiger partial charge in [-0.3, -0.25) is 9.48 Å². The van der Waals surface area contributed by atoms with Gasteiger partial charge < -0.3 is 9.42 Å². The van der Waals surface area contributed by atoms with Crippen molar-refractivity contribution in [2.24, 2.45) is 0 Å². The lowest BCUT2D eigenvalue weighted by molar-refractivity contribution is 0.0572. The van der Waals surface area contributed by atoms with Gasteiger partial charge in [-0.15, -0.1) is 0 Å². The number of nitrogens with zero attached hydrogens (tertiary/aromatic N) is 4. The number of piperidine rings is 1. The quantitative estimate of drug-likeness (QED) is 0.874. The van der Waals surface area contributed by atoms with E-state index in [-0.39, 0.29) is 11.9 Å². The van der Waals surface area contributed by atoms with E-state index < -0.39 is 0 Å². The first kappa shape index (κ1) is 14.8. The van der Waals surface area contributed by atoms with Crippen LogP contribution in [0.5, 0.6) is 0 Å². The summed E-state index contributed by atoms with van der Waals surface area (Å²) in [6.45, 7) is 7.35. The zero-order valence-corrected chi connectivity index (χ0v) is 13.4. The molecular weight excluding hydrogens is 280 g/mol. The molecule has 3 rings (SSSR count). The van der Waals surface area contributed by atoms with Gasteiger partial charge in [-0.05, 0) is 46.1 Å². The largest absolute Gasteiger partial charge is 0.361 e. The minimum atomic E-state index is -0.0388. The van der Waals surface area contributed by atoms with E-state index in [0.717, 1.165) is 43.7 Å². The van der Waals surface area contributed by atoms with Gasteiger partial charge in [-0.2, -0.15) is 5.10 Å². The van der Waals surface area contributed by atoms with E-state index in [0.29, 0.717) is 11.5 Å². The minimum absolute atomic E-state index is 0.0388. The first-order valence-corrected chi connectivity index (χ1v) is 7.80. The molecule has 1 fully saturated rings. The molecule has 0 N–H and O–H groups in total. The molecule has 6 nitrogen and oxygen atoms in total. The van der Waals surface area contributed by atoms with Crippen LogP contribution in [0.15, 0.2) is 16.7 Å². The highest BCUT2D eigenvalue weighted by Crippen LogP contribution is 2.21. The zero-order valence-electron chi connectivity index (χ0n) is 13.4. The second-order valence-corrected chi connectivity index (χ2v) is 6.08. The van der Waals surface area contributed by atoms with Gasteiger partial charge in [0.2, 0.25) is 0 Å². The Hall–Kier alpha value is -2.11. The van der Waals surface area contributed by atoms with Crippen molar-refractivity contribution in [3.8, 4) is 0 Å². The predicted octanol–water partition coefficient (Wildman–Crippen LogP) is 2.49. The zero-order chi connectivity index (χ0) is 15.7. The fraction of sp³-hybridized carbons (Fsp3) is 0.562. The van der Waals surface area contributed by atoms with E-state index in [9.17, 15) is 4.79 Å². The summed E-state index contributed by atoms with van der Waals surface area (Å²) in [6.07, 6.45) is 3.18. The number of carbonyl (C=O) groups excluding carboxylic acids is 1. The molecule has 118 valence electrons. The second kappa shape index (κ2) is 5.94. The molecule has 1 unspecified atom stereocenters. The Morgan fingerprint density at radius 3 is 2.77 bits per heavy atom. The second-order valence-electron chi connectivity index (χ2n) is 6.08. The molecule has 0 radical (unpaired) electrons. The number of amides is 1. The average molecular weight is 302 g/mol. The molecule has 0 bridgehead atoms. The molecule has 1 atom stereocenters. The summed E-state index contributed by atoms with van der Waals surface area (Å²) in [5.74, 6) is 0.624. The van der Waals surface area contributed by atoms with Gasteiger partial charge in [0.1, 0.15) is 5.76 Å². The van der Waals surface area contributed by atoms with Gasteiger partial charge in [-0.25, -0.2) is 0 Å². The Morgan fingerprint density at radius 1 is 1.32 bits per heavy atom. The lowest BCUT2D eigenvalue weighted by Crippen LogP contribution is -2.46. The Balaban J connectivity index is 1.79. The van der Waals surface area contributed by atoms with Crippen LogP contribution in [0.1, 0.15) is 46.9 Å². The Bertz CT molecular complexity index is 673. The lowest BCUT2D eigenvalue weighted by atomic mass is 10.0. The molecule has 1 amide bonds. The van der Waals surface area contributed by atoms with Crippen LogP contribution in [0.3, 0.4) is 0 Å². The topological polar surface area (TPSA) is 64.2 Å². The maximum Gasteiger partial charge on any atom is 0.276 e. The SMILES string of the molecule is Cc1cc(C)n(CC2CCCCN2C(=O)c2cc(C)on2)n1. The van der Waals surface area contributed by atoms with Crippen LogP contribution in [-0.2, 0) is 6.54 Å². The van der Waals surface area contributed by atoms with Crippen LogP contribution < -0.4 is 0 Å². The number of aromatic nitrogens is 3. The van der Waals surface area contributed by atoms with Gasteiger partial charge in [0, 0.05) is 18.3 Å². The first-order chi connectivity index (χ1) is 10.5. The summed E-state index contributed by atoms with van der Waals surface area (Å²) in [5, 5.41) is 8.38. The molecule has 3 heterocycles. The monoisotopic (exact) mass is 302 g/mol.